The Hall–Kier alpha value is 0.630. The smallest absolute Gasteiger partial charge is 0.151 e. The Morgan fingerprint density at radius 2 is 1.25 bits per heavy atom. The van der Waals surface area contributed by atoms with Crippen molar-refractivity contribution in [1.82, 2.24) is 0 Å². The lowest BCUT2D eigenvalue weighted by molar-refractivity contribution is -0.136. The van der Waals surface area contributed by atoms with Gasteiger partial charge in [-0.15, -0.1) is 49.6 Å². The fourth-order valence-electron chi connectivity index (χ4n) is 0.618. The molecule has 0 fully saturated rings. The quantitative estimate of drug-likeness (QED) is 0.385. The van der Waals surface area contributed by atoms with E-state index >= 15 is 0 Å². The van der Waals surface area contributed by atoms with Crippen molar-refractivity contribution in [2.24, 2.45) is 0 Å². The summed E-state index contributed by atoms with van der Waals surface area (Å²) in [6.45, 7) is -0.760. The summed E-state index contributed by atoms with van der Waals surface area (Å²) in [4.78, 5) is 9.90. The van der Waals surface area contributed by atoms with Crippen LogP contribution in [0, 0.1) is 0 Å². The summed E-state index contributed by atoms with van der Waals surface area (Å²) in [7, 11) is 0. The van der Waals surface area contributed by atoms with Gasteiger partial charge in [0.25, 0.3) is 0 Å². The van der Waals surface area contributed by atoms with Crippen LogP contribution in [0.4, 0.5) is 0 Å². The lowest BCUT2D eigenvalue weighted by Crippen LogP contribution is -2.46. The Bertz CT molecular complexity index is 151. The third-order valence-corrected chi connectivity index (χ3v) is 1.42. The molecule has 0 aliphatic carbocycles. The van der Waals surface area contributed by atoms with E-state index in [1.165, 1.54) is 0 Å². The van der Waals surface area contributed by atoms with Crippen LogP contribution in [-0.4, -0.2) is 62.8 Å². The van der Waals surface area contributed by atoms with Crippen molar-refractivity contribution >= 4 is 55.9 Å². The number of aldehydes is 1. The van der Waals surface area contributed by atoms with Crippen molar-refractivity contribution in [2.45, 2.75) is 24.4 Å². The van der Waals surface area contributed by atoms with E-state index in [1.807, 2.05) is 0 Å². The average Bonchev–Trinajstić information content (AvgIpc) is 2.12. The molecule has 0 aromatic heterocycles. The molecule has 0 aliphatic heterocycles. The minimum absolute atomic E-state index is 0. The number of carbonyl (C=O) groups excluding carboxylic acids is 1. The molecule has 0 bridgehead atoms. The normalized spacial score (nSPS) is 15.8. The summed E-state index contributed by atoms with van der Waals surface area (Å²) in [6.07, 6.45) is -6.84. The molecule has 10 heteroatoms. The molecule has 104 valence electrons. The van der Waals surface area contributed by atoms with E-state index in [0.717, 1.165) is 0 Å². The summed E-state index contributed by atoms with van der Waals surface area (Å²) in [5, 5.41) is 43.5. The molecule has 0 spiro atoms. The fraction of sp³-hybridized carbons (Fsp3) is 0.833. The van der Waals surface area contributed by atoms with Crippen LogP contribution in [0.5, 0.6) is 0 Å². The monoisotopic (exact) mass is 324 g/mol. The van der Waals surface area contributed by atoms with E-state index < -0.39 is 31.0 Å². The van der Waals surface area contributed by atoms with E-state index in [0.29, 0.717) is 0 Å². The first kappa shape index (κ1) is 30.0. The maximum atomic E-state index is 9.90. The van der Waals surface area contributed by atoms with Gasteiger partial charge in [0.1, 0.15) is 24.4 Å². The highest BCUT2D eigenvalue weighted by molar-refractivity contribution is 5.86. The first-order chi connectivity index (χ1) is 5.54. The molecule has 0 rings (SSSR count). The number of hydrogen-bond donors (Lipinski definition) is 5. The van der Waals surface area contributed by atoms with Crippen molar-refractivity contribution < 1.29 is 30.3 Å². The standard InChI is InChI=1S/C6H12O6.4ClH/c7-1-3(9)5(11)6(12)4(10)2-8;;;;/h1,3-6,8-12H,2H2;4*1H. The number of hydrogen-bond acceptors (Lipinski definition) is 6. The second-order valence-corrected chi connectivity index (χ2v) is 2.36. The number of carbonyl (C=O) groups is 1. The molecule has 5 N–H and O–H groups in total. The molecule has 0 heterocycles. The molecular weight excluding hydrogens is 310 g/mol. The van der Waals surface area contributed by atoms with Gasteiger partial charge in [-0.1, -0.05) is 0 Å². The van der Waals surface area contributed by atoms with Gasteiger partial charge in [-0.25, -0.2) is 0 Å². The van der Waals surface area contributed by atoms with Gasteiger partial charge in [0.05, 0.1) is 6.61 Å². The minimum atomic E-state index is -1.79. The molecule has 4 unspecified atom stereocenters. The Labute approximate surface area is 117 Å². The molecule has 0 saturated heterocycles. The molecule has 6 nitrogen and oxygen atoms in total. The first-order valence-electron chi connectivity index (χ1n) is 3.33. The summed E-state index contributed by atoms with van der Waals surface area (Å²) < 4.78 is 0. The van der Waals surface area contributed by atoms with Crippen LogP contribution in [0.15, 0.2) is 0 Å². The summed E-state index contributed by atoms with van der Waals surface area (Å²) in [5.41, 5.74) is 0. The number of halogens is 4. The Kier molecular flexibility index (Phi) is 29.3. The maximum absolute atomic E-state index is 9.90. The molecule has 4 atom stereocenters. The Morgan fingerprint density at radius 1 is 0.875 bits per heavy atom. The van der Waals surface area contributed by atoms with Gasteiger partial charge in [0.2, 0.25) is 0 Å². The van der Waals surface area contributed by atoms with Gasteiger partial charge in [0, 0.05) is 0 Å². The van der Waals surface area contributed by atoms with E-state index in [2.05, 4.69) is 0 Å². The van der Waals surface area contributed by atoms with Crippen molar-refractivity contribution in [3.05, 3.63) is 0 Å². The largest absolute Gasteiger partial charge is 0.394 e. The zero-order valence-electron chi connectivity index (χ0n) is 7.87. The highest BCUT2D eigenvalue weighted by Gasteiger charge is 2.29. The summed E-state index contributed by atoms with van der Waals surface area (Å²) >= 11 is 0. The van der Waals surface area contributed by atoms with E-state index in [1.54, 1.807) is 0 Å². The topological polar surface area (TPSA) is 118 Å². The second kappa shape index (κ2) is 15.6. The van der Waals surface area contributed by atoms with Gasteiger partial charge in [-0.3, -0.25) is 0 Å². The molecule has 0 aromatic rings. The third kappa shape index (κ3) is 9.83. The number of rotatable bonds is 5. The number of aliphatic hydroxyl groups excluding tert-OH is 5. The Morgan fingerprint density at radius 3 is 1.50 bits per heavy atom. The van der Waals surface area contributed by atoms with E-state index in [4.69, 9.17) is 25.5 Å². The van der Waals surface area contributed by atoms with Crippen LogP contribution in [0.3, 0.4) is 0 Å². The van der Waals surface area contributed by atoms with Crippen molar-refractivity contribution in [2.75, 3.05) is 6.61 Å². The highest BCUT2D eigenvalue weighted by Crippen LogP contribution is 2.02. The summed E-state index contributed by atoms with van der Waals surface area (Å²) in [5.74, 6) is 0. The van der Waals surface area contributed by atoms with Gasteiger partial charge in [-0.2, -0.15) is 0 Å². The highest BCUT2D eigenvalue weighted by atomic mass is 35.5. The minimum Gasteiger partial charge on any atom is -0.394 e. The fourth-order valence-corrected chi connectivity index (χ4v) is 0.618. The number of aliphatic hydroxyl groups is 5. The van der Waals surface area contributed by atoms with Crippen LogP contribution >= 0.6 is 49.6 Å². The predicted octanol–water partition coefficient (Wildman–Crippen LogP) is -1.69. The van der Waals surface area contributed by atoms with Gasteiger partial charge >= 0.3 is 0 Å². The van der Waals surface area contributed by atoms with Crippen molar-refractivity contribution in [3.63, 3.8) is 0 Å². The van der Waals surface area contributed by atoms with Gasteiger partial charge < -0.3 is 30.3 Å². The van der Waals surface area contributed by atoms with Crippen LogP contribution in [0.25, 0.3) is 0 Å². The zero-order chi connectivity index (χ0) is 9.72. The van der Waals surface area contributed by atoms with Crippen LogP contribution < -0.4 is 0 Å². The van der Waals surface area contributed by atoms with Crippen LogP contribution in [0.1, 0.15) is 0 Å². The lowest BCUT2D eigenvalue weighted by atomic mass is 10.0. The molecular formula is C6H16Cl4O6. The van der Waals surface area contributed by atoms with Gasteiger partial charge in [0.15, 0.2) is 6.29 Å². The zero-order valence-corrected chi connectivity index (χ0v) is 11.1. The van der Waals surface area contributed by atoms with Crippen LogP contribution in [-0.2, 0) is 4.79 Å². The second-order valence-electron chi connectivity index (χ2n) is 2.36. The predicted molar refractivity (Wildman–Crippen MR) is 66.2 cm³/mol. The SMILES string of the molecule is Cl.Cl.Cl.Cl.O=CC(O)C(O)C(O)C(O)CO. The Balaban J connectivity index is -0.000000101. The molecule has 0 aromatic carbocycles. The van der Waals surface area contributed by atoms with Crippen molar-refractivity contribution in [1.29, 1.82) is 0 Å². The molecule has 0 aliphatic rings. The van der Waals surface area contributed by atoms with E-state index in [9.17, 15) is 4.79 Å². The molecule has 0 saturated carbocycles. The maximum Gasteiger partial charge on any atom is 0.151 e. The van der Waals surface area contributed by atoms with Gasteiger partial charge in [-0.05, 0) is 0 Å². The van der Waals surface area contributed by atoms with Crippen molar-refractivity contribution in [3.8, 4) is 0 Å². The summed E-state index contributed by atoms with van der Waals surface area (Å²) in [6, 6.07) is 0. The molecule has 0 radical (unpaired) electrons. The average molecular weight is 326 g/mol. The van der Waals surface area contributed by atoms with E-state index in [-0.39, 0.29) is 55.9 Å². The third-order valence-electron chi connectivity index (χ3n) is 1.42. The lowest BCUT2D eigenvalue weighted by Gasteiger charge is -2.22. The first-order valence-corrected chi connectivity index (χ1v) is 3.33. The molecule has 0 amide bonds. The van der Waals surface area contributed by atoms with Crippen LogP contribution in [0.2, 0.25) is 0 Å². The molecule has 16 heavy (non-hydrogen) atoms.